The Bertz CT molecular complexity index is 861. The maximum absolute atomic E-state index is 13.6. The summed E-state index contributed by atoms with van der Waals surface area (Å²) >= 11 is 0. The lowest BCUT2D eigenvalue weighted by atomic mass is 10.1. The van der Waals surface area contributed by atoms with Crippen LogP contribution in [0.15, 0.2) is 36.4 Å². The maximum atomic E-state index is 13.6. The van der Waals surface area contributed by atoms with Crippen LogP contribution in [-0.2, 0) is 0 Å². The van der Waals surface area contributed by atoms with Crippen LogP contribution in [0.4, 0.5) is 28.0 Å². The summed E-state index contributed by atoms with van der Waals surface area (Å²) in [6, 6.07) is 3.66. The monoisotopic (exact) mass is 383 g/mol. The predicted molar refractivity (Wildman–Crippen MR) is 90.8 cm³/mol. The molecule has 0 saturated heterocycles. The summed E-state index contributed by atoms with van der Waals surface area (Å²) in [4.78, 5) is 24.8. The van der Waals surface area contributed by atoms with Gasteiger partial charge >= 0.3 is 6.03 Å². The second kappa shape index (κ2) is 7.65. The van der Waals surface area contributed by atoms with Gasteiger partial charge in [-0.05, 0) is 45.0 Å². The minimum Gasteiger partial charge on any atom is -0.304 e. The number of rotatable bonds is 2. The van der Waals surface area contributed by atoms with Crippen LogP contribution < -0.4 is 10.7 Å². The zero-order valence-corrected chi connectivity index (χ0v) is 14.7. The minimum absolute atomic E-state index is 0.334. The normalized spacial score (nSPS) is 11.1. The number of amides is 3. The van der Waals surface area contributed by atoms with Crippen molar-refractivity contribution in [1.82, 2.24) is 10.4 Å². The number of hydrogen-bond acceptors (Lipinski definition) is 2. The number of nitrogens with one attached hydrogen (secondary N) is 2. The Morgan fingerprint density at radius 3 is 2.04 bits per heavy atom. The lowest BCUT2D eigenvalue weighted by Crippen LogP contribution is -2.56. The molecule has 0 aliphatic heterocycles. The molecule has 0 spiro atoms. The number of hydrazine groups is 1. The Balaban J connectivity index is 2.25. The first-order chi connectivity index (χ1) is 12.5. The van der Waals surface area contributed by atoms with Crippen LogP contribution in [0, 0.1) is 23.3 Å². The molecule has 0 saturated carbocycles. The number of benzene rings is 2. The third-order valence-electron chi connectivity index (χ3n) is 3.37. The Morgan fingerprint density at radius 1 is 0.889 bits per heavy atom. The molecule has 0 aromatic heterocycles. The van der Waals surface area contributed by atoms with E-state index in [4.69, 9.17) is 0 Å². The fourth-order valence-electron chi connectivity index (χ4n) is 2.17. The summed E-state index contributed by atoms with van der Waals surface area (Å²) in [5.41, 5.74) is 0.414. The van der Waals surface area contributed by atoms with E-state index in [2.05, 4.69) is 10.7 Å². The number of hydrogen-bond donors (Lipinski definition) is 2. The van der Waals surface area contributed by atoms with Gasteiger partial charge in [0.1, 0.15) is 23.3 Å². The summed E-state index contributed by atoms with van der Waals surface area (Å²) in [5.74, 6) is -4.47. The molecule has 2 rings (SSSR count). The van der Waals surface area contributed by atoms with Crippen LogP contribution in [0.3, 0.4) is 0 Å². The van der Waals surface area contributed by atoms with Crippen molar-refractivity contribution >= 4 is 17.6 Å². The average Bonchev–Trinajstić information content (AvgIpc) is 2.53. The molecular weight excluding hydrogens is 366 g/mol. The molecule has 2 aromatic rings. The van der Waals surface area contributed by atoms with Crippen LogP contribution >= 0.6 is 0 Å². The third-order valence-corrected chi connectivity index (χ3v) is 3.37. The van der Waals surface area contributed by atoms with Gasteiger partial charge in [0.25, 0.3) is 5.91 Å². The fourth-order valence-corrected chi connectivity index (χ4v) is 2.17. The SMILES string of the molecule is CC(C)(C)N(NC(=O)Nc1cc(F)ccc1F)C(=O)c1cc(F)cc(F)c1. The molecular formula is C18H17F4N3O2. The molecule has 0 radical (unpaired) electrons. The van der Waals surface area contributed by atoms with E-state index in [0.717, 1.165) is 35.3 Å². The van der Waals surface area contributed by atoms with Gasteiger partial charge in [0.15, 0.2) is 0 Å². The largest absolute Gasteiger partial charge is 0.338 e. The Kier molecular flexibility index (Phi) is 5.72. The highest BCUT2D eigenvalue weighted by atomic mass is 19.1. The molecule has 0 unspecified atom stereocenters. The molecule has 144 valence electrons. The van der Waals surface area contributed by atoms with E-state index in [1.165, 1.54) is 0 Å². The van der Waals surface area contributed by atoms with Crippen LogP contribution in [-0.4, -0.2) is 22.5 Å². The molecule has 0 atom stereocenters. The van der Waals surface area contributed by atoms with Crippen molar-refractivity contribution in [2.45, 2.75) is 26.3 Å². The number of carbonyl (C=O) groups is 2. The van der Waals surface area contributed by atoms with Gasteiger partial charge in [-0.25, -0.2) is 32.8 Å². The molecule has 9 heteroatoms. The molecule has 2 N–H and O–H groups in total. The van der Waals surface area contributed by atoms with Crippen molar-refractivity contribution in [1.29, 1.82) is 0 Å². The van der Waals surface area contributed by atoms with Gasteiger partial charge in [-0.3, -0.25) is 4.79 Å². The summed E-state index contributed by atoms with van der Waals surface area (Å²) in [6.07, 6.45) is 0. The number of carbonyl (C=O) groups excluding carboxylic acids is 2. The number of nitrogens with zero attached hydrogens (tertiary/aromatic N) is 1. The van der Waals surface area contributed by atoms with Crippen LogP contribution in [0.5, 0.6) is 0 Å². The second-order valence-electron chi connectivity index (χ2n) is 6.66. The third kappa shape index (κ3) is 5.19. The summed E-state index contributed by atoms with van der Waals surface area (Å²) in [5, 5.41) is 2.90. The molecule has 2 aromatic carbocycles. The zero-order chi connectivity index (χ0) is 20.4. The molecule has 0 bridgehead atoms. The van der Waals surface area contributed by atoms with E-state index in [9.17, 15) is 27.2 Å². The second-order valence-corrected chi connectivity index (χ2v) is 6.66. The van der Waals surface area contributed by atoms with Gasteiger partial charge in [-0.1, -0.05) is 0 Å². The van der Waals surface area contributed by atoms with Crippen molar-refractivity contribution in [3.05, 3.63) is 65.2 Å². The van der Waals surface area contributed by atoms with E-state index in [1.807, 2.05) is 0 Å². The van der Waals surface area contributed by atoms with Gasteiger partial charge in [0.05, 0.1) is 11.2 Å². The Labute approximate surface area is 152 Å². The van der Waals surface area contributed by atoms with E-state index in [0.29, 0.717) is 6.07 Å². The number of halogens is 4. The van der Waals surface area contributed by atoms with Crippen LogP contribution in [0.1, 0.15) is 31.1 Å². The van der Waals surface area contributed by atoms with Crippen molar-refractivity contribution < 1.29 is 27.2 Å². The lowest BCUT2D eigenvalue weighted by Gasteiger charge is -2.35. The van der Waals surface area contributed by atoms with E-state index in [1.54, 1.807) is 20.8 Å². The predicted octanol–water partition coefficient (Wildman–Crippen LogP) is 4.22. The van der Waals surface area contributed by atoms with E-state index in [-0.39, 0.29) is 5.56 Å². The average molecular weight is 383 g/mol. The first-order valence-corrected chi connectivity index (χ1v) is 7.81. The zero-order valence-electron chi connectivity index (χ0n) is 14.7. The highest BCUT2D eigenvalue weighted by molar-refractivity contribution is 5.97. The molecule has 3 amide bonds. The van der Waals surface area contributed by atoms with Crippen molar-refractivity contribution in [2.75, 3.05) is 5.32 Å². The van der Waals surface area contributed by atoms with E-state index < -0.39 is 46.4 Å². The standard InChI is InChI=1S/C18H17F4N3O2/c1-18(2,3)25(16(26)10-6-12(20)8-13(21)7-10)24-17(27)23-15-9-11(19)4-5-14(15)22/h4-9H,1-3H3,(H2,23,24,27). The van der Waals surface area contributed by atoms with Crippen molar-refractivity contribution in [3.8, 4) is 0 Å². The summed E-state index contributed by atoms with van der Waals surface area (Å²) < 4.78 is 53.6. The first-order valence-electron chi connectivity index (χ1n) is 7.81. The van der Waals surface area contributed by atoms with Gasteiger partial charge in [-0.15, -0.1) is 0 Å². The molecule has 0 heterocycles. The topological polar surface area (TPSA) is 61.4 Å². The fraction of sp³-hybridized carbons (Fsp3) is 0.222. The first kappa shape index (κ1) is 20.2. The van der Waals surface area contributed by atoms with Gasteiger partial charge in [-0.2, -0.15) is 0 Å². The molecule has 0 aliphatic rings. The number of anilines is 1. The highest BCUT2D eigenvalue weighted by Gasteiger charge is 2.30. The molecule has 27 heavy (non-hydrogen) atoms. The minimum atomic E-state index is -1.04. The van der Waals surface area contributed by atoms with Gasteiger partial charge in [0, 0.05) is 17.7 Å². The van der Waals surface area contributed by atoms with Crippen molar-refractivity contribution in [3.63, 3.8) is 0 Å². The van der Waals surface area contributed by atoms with Crippen LogP contribution in [0.25, 0.3) is 0 Å². The molecule has 0 aliphatic carbocycles. The molecule has 5 nitrogen and oxygen atoms in total. The van der Waals surface area contributed by atoms with Crippen LogP contribution in [0.2, 0.25) is 0 Å². The Hall–Kier alpha value is -3.10. The number of urea groups is 1. The van der Waals surface area contributed by atoms with Gasteiger partial charge in [0.2, 0.25) is 0 Å². The van der Waals surface area contributed by atoms with Crippen molar-refractivity contribution in [2.24, 2.45) is 0 Å². The lowest BCUT2D eigenvalue weighted by molar-refractivity contribution is 0.0459. The maximum Gasteiger partial charge on any atom is 0.338 e. The quantitative estimate of drug-likeness (QED) is 0.603. The summed E-state index contributed by atoms with van der Waals surface area (Å²) in [6.45, 7) is 4.68. The smallest absolute Gasteiger partial charge is 0.304 e. The highest BCUT2D eigenvalue weighted by Crippen LogP contribution is 2.18. The van der Waals surface area contributed by atoms with E-state index >= 15 is 0 Å². The Morgan fingerprint density at radius 2 is 1.48 bits per heavy atom. The van der Waals surface area contributed by atoms with Gasteiger partial charge < -0.3 is 5.32 Å². The molecule has 0 fully saturated rings. The summed E-state index contributed by atoms with van der Waals surface area (Å²) in [7, 11) is 0.